The van der Waals surface area contributed by atoms with E-state index in [-0.39, 0.29) is 11.4 Å². The Morgan fingerprint density at radius 2 is 1.95 bits per heavy atom. The first-order valence-corrected chi connectivity index (χ1v) is 6.12. The fourth-order valence-electron chi connectivity index (χ4n) is 1.59. The molecule has 0 aromatic heterocycles. The Bertz CT molecular complexity index is 444. The third kappa shape index (κ3) is 4.44. The molecule has 1 aromatic carbocycles. The highest BCUT2D eigenvalue weighted by Gasteiger charge is 2.20. The van der Waals surface area contributed by atoms with Crippen LogP contribution in [0, 0.1) is 0 Å². The van der Waals surface area contributed by atoms with Gasteiger partial charge in [0.2, 0.25) is 5.91 Å². The van der Waals surface area contributed by atoms with Gasteiger partial charge in [-0.25, -0.2) is 0 Å². The third-order valence-electron chi connectivity index (χ3n) is 2.96. The van der Waals surface area contributed by atoms with Crippen LogP contribution in [-0.4, -0.2) is 32.7 Å². The standard InChI is InChI=1S/C14H22N2O3/c1-14(2,15-3)9-13(17)16-11-7-6-10(18-4)8-12(11)19-5/h6-8,15H,9H2,1-5H3,(H,16,17). The number of benzene rings is 1. The highest BCUT2D eigenvalue weighted by molar-refractivity contribution is 5.93. The molecule has 5 heteroatoms. The maximum atomic E-state index is 12.0. The summed E-state index contributed by atoms with van der Waals surface area (Å²) in [6, 6.07) is 5.28. The lowest BCUT2D eigenvalue weighted by atomic mass is 10.0. The van der Waals surface area contributed by atoms with Crippen LogP contribution in [0.5, 0.6) is 11.5 Å². The number of hydrogen-bond acceptors (Lipinski definition) is 4. The number of carbonyl (C=O) groups excluding carboxylic acids is 1. The second-order valence-corrected chi connectivity index (χ2v) is 4.93. The molecule has 1 aromatic rings. The van der Waals surface area contributed by atoms with Gasteiger partial charge >= 0.3 is 0 Å². The summed E-state index contributed by atoms with van der Waals surface area (Å²) < 4.78 is 10.3. The molecule has 0 aliphatic heterocycles. The SMILES string of the molecule is CNC(C)(C)CC(=O)Nc1ccc(OC)cc1OC. The Balaban J connectivity index is 2.79. The molecule has 0 atom stereocenters. The molecule has 0 radical (unpaired) electrons. The second-order valence-electron chi connectivity index (χ2n) is 4.93. The van der Waals surface area contributed by atoms with Crippen LogP contribution in [0.1, 0.15) is 20.3 Å². The van der Waals surface area contributed by atoms with Crippen molar-refractivity contribution >= 4 is 11.6 Å². The third-order valence-corrected chi connectivity index (χ3v) is 2.96. The van der Waals surface area contributed by atoms with E-state index in [0.717, 1.165) is 0 Å². The van der Waals surface area contributed by atoms with Crippen molar-refractivity contribution in [3.63, 3.8) is 0 Å². The molecular weight excluding hydrogens is 244 g/mol. The Morgan fingerprint density at radius 3 is 2.47 bits per heavy atom. The van der Waals surface area contributed by atoms with Crippen LogP contribution in [0.25, 0.3) is 0 Å². The highest BCUT2D eigenvalue weighted by atomic mass is 16.5. The molecule has 0 unspecified atom stereocenters. The smallest absolute Gasteiger partial charge is 0.226 e. The largest absolute Gasteiger partial charge is 0.497 e. The molecule has 0 saturated carbocycles. The number of anilines is 1. The summed E-state index contributed by atoms with van der Waals surface area (Å²) in [5, 5.41) is 5.94. The fourth-order valence-corrected chi connectivity index (χ4v) is 1.59. The summed E-state index contributed by atoms with van der Waals surface area (Å²) in [5.74, 6) is 1.20. The van der Waals surface area contributed by atoms with Crippen LogP contribution < -0.4 is 20.1 Å². The molecule has 0 fully saturated rings. The summed E-state index contributed by atoms with van der Waals surface area (Å²) in [6.45, 7) is 3.94. The van der Waals surface area contributed by atoms with E-state index in [0.29, 0.717) is 23.6 Å². The lowest BCUT2D eigenvalue weighted by Crippen LogP contribution is -2.39. The van der Waals surface area contributed by atoms with E-state index in [1.807, 2.05) is 20.9 Å². The van der Waals surface area contributed by atoms with E-state index < -0.39 is 0 Å². The Labute approximate surface area is 114 Å². The minimum atomic E-state index is -0.246. The molecule has 0 heterocycles. The van der Waals surface area contributed by atoms with Crippen molar-refractivity contribution in [3.05, 3.63) is 18.2 Å². The minimum Gasteiger partial charge on any atom is -0.497 e. The van der Waals surface area contributed by atoms with Crippen molar-refractivity contribution in [1.29, 1.82) is 0 Å². The minimum absolute atomic E-state index is 0.0668. The first-order chi connectivity index (χ1) is 8.91. The Kier molecular flexibility index (Phi) is 5.18. The average molecular weight is 266 g/mol. The second kappa shape index (κ2) is 6.43. The lowest BCUT2D eigenvalue weighted by Gasteiger charge is -2.23. The Hall–Kier alpha value is -1.75. The van der Waals surface area contributed by atoms with Gasteiger partial charge in [0.05, 0.1) is 19.9 Å². The zero-order valence-corrected chi connectivity index (χ0v) is 12.2. The van der Waals surface area contributed by atoms with Gasteiger partial charge in [-0.2, -0.15) is 0 Å². The zero-order valence-electron chi connectivity index (χ0n) is 12.2. The number of nitrogens with one attached hydrogen (secondary N) is 2. The number of rotatable bonds is 6. The summed E-state index contributed by atoms with van der Waals surface area (Å²) in [5.41, 5.74) is 0.393. The molecule has 0 saturated heterocycles. The van der Waals surface area contributed by atoms with Crippen LogP contribution in [0.3, 0.4) is 0 Å². The molecule has 106 valence electrons. The molecule has 1 rings (SSSR count). The maximum Gasteiger partial charge on any atom is 0.226 e. The van der Waals surface area contributed by atoms with Crippen molar-refractivity contribution in [2.24, 2.45) is 0 Å². The van der Waals surface area contributed by atoms with Crippen LogP contribution in [0.4, 0.5) is 5.69 Å². The number of methoxy groups -OCH3 is 2. The van der Waals surface area contributed by atoms with Gasteiger partial charge in [0.25, 0.3) is 0 Å². The van der Waals surface area contributed by atoms with E-state index in [4.69, 9.17) is 9.47 Å². The maximum absolute atomic E-state index is 12.0. The van der Waals surface area contributed by atoms with Crippen molar-refractivity contribution in [2.45, 2.75) is 25.8 Å². The van der Waals surface area contributed by atoms with Crippen molar-refractivity contribution in [3.8, 4) is 11.5 Å². The van der Waals surface area contributed by atoms with E-state index >= 15 is 0 Å². The number of hydrogen-bond donors (Lipinski definition) is 2. The molecule has 0 aliphatic carbocycles. The quantitative estimate of drug-likeness (QED) is 0.827. The average Bonchev–Trinajstić information content (AvgIpc) is 2.38. The summed E-state index contributed by atoms with van der Waals surface area (Å²) in [7, 11) is 4.98. The van der Waals surface area contributed by atoms with Gasteiger partial charge in [0, 0.05) is 18.0 Å². The van der Waals surface area contributed by atoms with Gasteiger partial charge in [-0.15, -0.1) is 0 Å². The van der Waals surface area contributed by atoms with E-state index in [1.54, 1.807) is 32.4 Å². The van der Waals surface area contributed by atoms with E-state index in [9.17, 15) is 4.79 Å². The normalized spacial score (nSPS) is 11.0. The fraction of sp³-hybridized carbons (Fsp3) is 0.500. The zero-order chi connectivity index (χ0) is 14.5. The summed E-state index contributed by atoms with van der Waals surface area (Å²) in [4.78, 5) is 12.0. The summed E-state index contributed by atoms with van der Waals surface area (Å²) in [6.07, 6.45) is 0.374. The van der Waals surface area contributed by atoms with Gasteiger partial charge in [-0.3, -0.25) is 4.79 Å². The number of ether oxygens (including phenoxy) is 2. The first kappa shape index (κ1) is 15.3. The van der Waals surface area contributed by atoms with Gasteiger partial charge in [0.15, 0.2) is 0 Å². The molecular formula is C14H22N2O3. The van der Waals surface area contributed by atoms with Gasteiger partial charge in [0.1, 0.15) is 11.5 Å². The Morgan fingerprint density at radius 1 is 1.26 bits per heavy atom. The topological polar surface area (TPSA) is 59.6 Å². The molecule has 0 bridgehead atoms. The monoisotopic (exact) mass is 266 g/mol. The number of carbonyl (C=O) groups is 1. The predicted molar refractivity (Wildman–Crippen MR) is 75.9 cm³/mol. The van der Waals surface area contributed by atoms with Crippen LogP contribution in [0.2, 0.25) is 0 Å². The van der Waals surface area contributed by atoms with Crippen molar-refractivity contribution in [1.82, 2.24) is 5.32 Å². The van der Waals surface area contributed by atoms with Gasteiger partial charge in [-0.1, -0.05) is 0 Å². The molecule has 19 heavy (non-hydrogen) atoms. The van der Waals surface area contributed by atoms with E-state index in [2.05, 4.69) is 10.6 Å². The summed E-state index contributed by atoms with van der Waals surface area (Å²) >= 11 is 0. The highest BCUT2D eigenvalue weighted by Crippen LogP contribution is 2.29. The first-order valence-electron chi connectivity index (χ1n) is 6.12. The van der Waals surface area contributed by atoms with E-state index in [1.165, 1.54) is 0 Å². The van der Waals surface area contributed by atoms with Crippen LogP contribution in [0.15, 0.2) is 18.2 Å². The van der Waals surface area contributed by atoms with Crippen LogP contribution >= 0.6 is 0 Å². The van der Waals surface area contributed by atoms with Crippen LogP contribution in [-0.2, 0) is 4.79 Å². The van der Waals surface area contributed by atoms with Crippen molar-refractivity contribution in [2.75, 3.05) is 26.6 Å². The molecule has 1 amide bonds. The van der Waals surface area contributed by atoms with Gasteiger partial charge < -0.3 is 20.1 Å². The van der Waals surface area contributed by atoms with Crippen molar-refractivity contribution < 1.29 is 14.3 Å². The molecule has 0 aliphatic rings. The van der Waals surface area contributed by atoms with Gasteiger partial charge in [-0.05, 0) is 33.0 Å². The number of amides is 1. The lowest BCUT2D eigenvalue weighted by molar-refractivity contribution is -0.117. The molecule has 0 spiro atoms. The molecule has 2 N–H and O–H groups in total. The predicted octanol–water partition coefficient (Wildman–Crippen LogP) is 2.03. The molecule has 5 nitrogen and oxygen atoms in total.